The maximum absolute atomic E-state index is 4.71. The third-order valence-electron chi connectivity index (χ3n) is 8.67. The van der Waals surface area contributed by atoms with Gasteiger partial charge in [0.15, 0.2) is 0 Å². The molecule has 2 aromatic carbocycles. The summed E-state index contributed by atoms with van der Waals surface area (Å²) in [7, 11) is 0. The number of hydrogen-bond acceptors (Lipinski definition) is 3. The van der Waals surface area contributed by atoms with E-state index in [1.54, 1.807) is 0 Å². The molecule has 3 N–H and O–H groups in total. The molecular formula is C31H35N5. The van der Waals surface area contributed by atoms with Crippen LogP contribution in [0.2, 0.25) is 0 Å². The zero-order valence-electron chi connectivity index (χ0n) is 21.1. The third kappa shape index (κ3) is 3.72. The highest BCUT2D eigenvalue weighted by Crippen LogP contribution is 2.53. The highest BCUT2D eigenvalue weighted by Gasteiger charge is 2.37. The van der Waals surface area contributed by atoms with Crippen LogP contribution in [0.5, 0.6) is 0 Å². The fraction of sp³-hybridized carbons (Fsp3) is 0.419. The molecule has 8 rings (SSSR count). The Morgan fingerprint density at radius 3 is 2.14 bits per heavy atom. The molecule has 0 amide bonds. The first-order chi connectivity index (χ1) is 17.8. The van der Waals surface area contributed by atoms with Crippen LogP contribution in [0.25, 0.3) is 22.5 Å². The van der Waals surface area contributed by atoms with Gasteiger partial charge in [0.25, 0.3) is 0 Å². The van der Waals surface area contributed by atoms with E-state index in [1.165, 1.54) is 78.3 Å². The van der Waals surface area contributed by atoms with Crippen molar-refractivity contribution >= 4 is 0 Å². The number of benzene rings is 2. The van der Waals surface area contributed by atoms with Crippen molar-refractivity contribution in [3.8, 4) is 22.5 Å². The van der Waals surface area contributed by atoms with Gasteiger partial charge in [0.2, 0.25) is 0 Å². The maximum Gasteiger partial charge on any atom is 0.123 e. The molecule has 3 heterocycles. The van der Waals surface area contributed by atoms with Crippen molar-refractivity contribution in [1.82, 2.24) is 25.3 Å². The molecule has 3 atom stereocenters. The Kier molecular flexibility index (Phi) is 5.54. The normalized spacial score (nSPS) is 22.1. The number of fused-ring (bicyclic) bond motifs is 1. The number of rotatable bonds is 7. The van der Waals surface area contributed by atoms with Crippen LogP contribution in [0.15, 0.2) is 48.8 Å². The van der Waals surface area contributed by atoms with Crippen molar-refractivity contribution in [3.05, 3.63) is 82.7 Å². The molecule has 2 aromatic heterocycles. The molecular weight excluding hydrogens is 442 g/mol. The minimum Gasteiger partial charge on any atom is -0.342 e. The van der Waals surface area contributed by atoms with Crippen molar-refractivity contribution in [2.24, 2.45) is 0 Å². The summed E-state index contributed by atoms with van der Waals surface area (Å²) >= 11 is 0. The Labute approximate surface area is 213 Å². The summed E-state index contributed by atoms with van der Waals surface area (Å²) in [6, 6.07) is 14.6. The fourth-order valence-electron chi connectivity index (χ4n) is 6.77. The number of unbranched alkanes of at least 4 members (excludes halogenated alkanes) is 2. The molecule has 36 heavy (non-hydrogen) atoms. The maximum atomic E-state index is 4.71. The predicted molar refractivity (Wildman–Crippen MR) is 144 cm³/mol. The van der Waals surface area contributed by atoms with Gasteiger partial charge < -0.3 is 15.3 Å². The molecule has 4 aromatic rings. The number of hydrogen-bond donors (Lipinski definition) is 3. The van der Waals surface area contributed by atoms with Gasteiger partial charge in [0.1, 0.15) is 11.6 Å². The quantitative estimate of drug-likeness (QED) is 0.251. The first kappa shape index (κ1) is 22.1. The molecule has 4 aliphatic rings. The third-order valence-corrected chi connectivity index (χ3v) is 8.67. The molecule has 0 radical (unpaired) electrons. The van der Waals surface area contributed by atoms with Gasteiger partial charge in [0.05, 0.1) is 29.8 Å². The second kappa shape index (κ2) is 9.04. The summed E-state index contributed by atoms with van der Waals surface area (Å²) in [5, 5.41) is 3.55. The minimum atomic E-state index is 0.371. The standard InChI is InChI=1S/C31H35N5/c1-2-3-4-7-30-33-17-28(35-30)19-8-10-21-24-13-12-23(25(21)15-19)22-11-9-20(16-26(22)24)29-18-34-31(36-29)27-6-5-14-32-27/h8-11,15-18,23-24,27,32H,2-7,12-14H2,1H3,(H,33,35)(H,34,36). The zero-order valence-corrected chi connectivity index (χ0v) is 21.1. The summed E-state index contributed by atoms with van der Waals surface area (Å²) in [5.41, 5.74) is 10.9. The number of aromatic nitrogens is 4. The van der Waals surface area contributed by atoms with Crippen LogP contribution in [0.1, 0.15) is 104 Å². The molecule has 1 saturated heterocycles. The lowest BCUT2D eigenvalue weighted by Gasteiger charge is -2.40. The summed E-state index contributed by atoms with van der Waals surface area (Å²) in [6.45, 7) is 3.33. The molecule has 0 saturated carbocycles. The highest BCUT2D eigenvalue weighted by molar-refractivity contribution is 5.68. The first-order valence-corrected chi connectivity index (χ1v) is 13.9. The first-order valence-electron chi connectivity index (χ1n) is 13.9. The molecule has 5 heteroatoms. The molecule has 1 fully saturated rings. The van der Waals surface area contributed by atoms with E-state index in [-0.39, 0.29) is 0 Å². The summed E-state index contributed by atoms with van der Waals surface area (Å²) in [6.07, 6.45) is 13.6. The molecule has 3 unspecified atom stereocenters. The van der Waals surface area contributed by atoms with E-state index >= 15 is 0 Å². The van der Waals surface area contributed by atoms with Gasteiger partial charge in [-0.3, -0.25) is 0 Å². The van der Waals surface area contributed by atoms with E-state index in [0.29, 0.717) is 17.9 Å². The number of H-pyrrole nitrogens is 2. The number of aromatic amines is 2. The molecule has 5 nitrogen and oxygen atoms in total. The smallest absolute Gasteiger partial charge is 0.123 e. The average Bonchev–Trinajstić information content (AvgIpc) is 3.71. The van der Waals surface area contributed by atoms with E-state index in [4.69, 9.17) is 4.98 Å². The van der Waals surface area contributed by atoms with E-state index < -0.39 is 0 Å². The predicted octanol–water partition coefficient (Wildman–Crippen LogP) is 7.00. The topological polar surface area (TPSA) is 69.4 Å². The van der Waals surface area contributed by atoms with Gasteiger partial charge in [0, 0.05) is 18.3 Å². The van der Waals surface area contributed by atoms with Gasteiger partial charge in [-0.2, -0.15) is 0 Å². The van der Waals surface area contributed by atoms with Crippen LogP contribution >= 0.6 is 0 Å². The fourth-order valence-corrected chi connectivity index (χ4v) is 6.77. The van der Waals surface area contributed by atoms with Crippen LogP contribution in [-0.2, 0) is 6.42 Å². The Bertz CT molecular complexity index is 1390. The average molecular weight is 478 g/mol. The van der Waals surface area contributed by atoms with Gasteiger partial charge in [-0.1, -0.05) is 44.0 Å². The minimum absolute atomic E-state index is 0.371. The van der Waals surface area contributed by atoms with Crippen LogP contribution in [0, 0.1) is 0 Å². The molecule has 184 valence electrons. The lowest BCUT2D eigenvalue weighted by Crippen LogP contribution is -2.24. The van der Waals surface area contributed by atoms with Crippen molar-refractivity contribution < 1.29 is 0 Å². The molecule has 1 aliphatic heterocycles. The summed E-state index contributed by atoms with van der Waals surface area (Å²) < 4.78 is 0. The lowest BCUT2D eigenvalue weighted by molar-refractivity contribution is 0.520. The van der Waals surface area contributed by atoms with Crippen LogP contribution in [0.4, 0.5) is 0 Å². The Balaban J connectivity index is 1.17. The van der Waals surface area contributed by atoms with Crippen LogP contribution in [0.3, 0.4) is 0 Å². The van der Waals surface area contributed by atoms with Crippen molar-refractivity contribution in [2.45, 2.75) is 76.2 Å². The van der Waals surface area contributed by atoms with Crippen LogP contribution < -0.4 is 5.32 Å². The van der Waals surface area contributed by atoms with E-state index in [9.17, 15) is 0 Å². The number of nitrogens with one attached hydrogen (secondary N) is 3. The number of imidazole rings is 2. The van der Waals surface area contributed by atoms with Gasteiger partial charge >= 0.3 is 0 Å². The van der Waals surface area contributed by atoms with E-state index in [0.717, 1.165) is 36.0 Å². The molecule has 3 aliphatic carbocycles. The van der Waals surface area contributed by atoms with Crippen molar-refractivity contribution in [2.75, 3.05) is 6.54 Å². The highest BCUT2D eigenvalue weighted by atomic mass is 15.0. The molecule has 2 bridgehead atoms. The number of nitrogens with zero attached hydrogens (tertiary/aromatic N) is 2. The van der Waals surface area contributed by atoms with Crippen LogP contribution in [-0.4, -0.2) is 26.5 Å². The summed E-state index contributed by atoms with van der Waals surface area (Å²) in [5.74, 6) is 3.16. The second-order valence-corrected chi connectivity index (χ2v) is 10.9. The van der Waals surface area contributed by atoms with Crippen molar-refractivity contribution in [1.29, 1.82) is 0 Å². The largest absolute Gasteiger partial charge is 0.342 e. The Morgan fingerprint density at radius 2 is 1.47 bits per heavy atom. The Hall–Kier alpha value is -3.18. The van der Waals surface area contributed by atoms with E-state index in [1.807, 2.05) is 12.4 Å². The SMILES string of the molecule is CCCCCc1ncc(-c2ccc3c(c2)C2CCC3c3cc(-c4cnc(C5CCCN5)[nH]4)ccc32)[nH]1. The zero-order chi connectivity index (χ0) is 24.1. The monoisotopic (exact) mass is 477 g/mol. The lowest BCUT2D eigenvalue weighted by atomic mass is 9.63. The molecule has 0 spiro atoms. The Morgan fingerprint density at radius 1 is 0.778 bits per heavy atom. The van der Waals surface area contributed by atoms with E-state index in [2.05, 4.69) is 63.6 Å². The van der Waals surface area contributed by atoms with Gasteiger partial charge in [-0.15, -0.1) is 0 Å². The summed E-state index contributed by atoms with van der Waals surface area (Å²) in [4.78, 5) is 16.5. The van der Waals surface area contributed by atoms with Gasteiger partial charge in [-0.05, 0) is 84.2 Å². The van der Waals surface area contributed by atoms with Crippen molar-refractivity contribution in [3.63, 3.8) is 0 Å². The second-order valence-electron chi connectivity index (χ2n) is 10.9. The van der Waals surface area contributed by atoms with Gasteiger partial charge in [-0.25, -0.2) is 9.97 Å². The number of aryl methyl sites for hydroxylation is 1.